The molecule has 0 spiro atoms. The van der Waals surface area contributed by atoms with Crippen molar-refractivity contribution in [2.45, 2.75) is 6.92 Å². The van der Waals surface area contributed by atoms with Crippen molar-refractivity contribution in [1.82, 2.24) is 30.1 Å². The van der Waals surface area contributed by atoms with Gasteiger partial charge in [0.2, 0.25) is 0 Å². The summed E-state index contributed by atoms with van der Waals surface area (Å²) in [6.07, 6.45) is 5.22. The molecule has 0 aliphatic heterocycles. The summed E-state index contributed by atoms with van der Waals surface area (Å²) in [6, 6.07) is 11.3. The number of thiophene rings is 1. The topological polar surface area (TPSA) is 83.1 Å². The molecule has 0 atom stereocenters. The van der Waals surface area contributed by atoms with Crippen LogP contribution in [-0.2, 0) is 0 Å². The number of aromatic nitrogens is 6. The molecule has 150 valence electrons. The first-order valence-electron chi connectivity index (χ1n) is 9.66. The number of imidazole rings is 1. The van der Waals surface area contributed by atoms with Gasteiger partial charge in [0.05, 0.1) is 0 Å². The van der Waals surface area contributed by atoms with Gasteiger partial charge in [-0.05, 0) is 53.8 Å². The first-order chi connectivity index (χ1) is 15.2. The number of fused-ring (bicyclic) bond motifs is 2. The van der Waals surface area contributed by atoms with E-state index in [0.717, 1.165) is 32.6 Å². The molecule has 5 aromatic heterocycles. The third-order valence-corrected chi connectivity index (χ3v) is 6.27. The van der Waals surface area contributed by atoms with Crippen LogP contribution in [0.1, 0.15) is 5.56 Å². The lowest BCUT2D eigenvalue weighted by atomic mass is 10.0. The molecule has 0 saturated carbocycles. The Bertz CT molecular complexity index is 1560. The molecule has 2 N–H and O–H groups in total. The fraction of sp³-hybridized carbons (Fsp3) is 0.0435. The summed E-state index contributed by atoms with van der Waals surface area (Å²) in [6.45, 7) is 1.98. The molecule has 0 unspecified atom stereocenters. The van der Waals surface area contributed by atoms with Crippen molar-refractivity contribution in [2.24, 2.45) is 0 Å². The van der Waals surface area contributed by atoms with E-state index in [9.17, 15) is 4.39 Å². The van der Waals surface area contributed by atoms with Gasteiger partial charge in [-0.2, -0.15) is 5.10 Å². The SMILES string of the molecule is Cc1ccncc1-c1cc(F)c2[nH]nc(-c3nc4c(-c5cccs5)ccnc4[nH]3)c2c1. The molecule has 0 saturated heterocycles. The van der Waals surface area contributed by atoms with Crippen molar-refractivity contribution in [1.29, 1.82) is 0 Å². The van der Waals surface area contributed by atoms with E-state index in [4.69, 9.17) is 4.98 Å². The third-order valence-electron chi connectivity index (χ3n) is 5.37. The Morgan fingerprint density at radius 3 is 2.84 bits per heavy atom. The number of rotatable bonds is 3. The number of H-pyrrole nitrogens is 2. The van der Waals surface area contributed by atoms with Crippen molar-refractivity contribution in [3.63, 3.8) is 0 Å². The number of nitrogens with one attached hydrogen (secondary N) is 2. The highest BCUT2D eigenvalue weighted by Gasteiger charge is 2.19. The van der Waals surface area contributed by atoms with Gasteiger partial charge in [0.15, 0.2) is 11.5 Å². The molecule has 0 amide bonds. The second-order valence-corrected chi connectivity index (χ2v) is 8.21. The lowest BCUT2D eigenvalue weighted by molar-refractivity contribution is 0.636. The molecular formula is C23H15FN6S. The van der Waals surface area contributed by atoms with Crippen LogP contribution in [0.4, 0.5) is 4.39 Å². The van der Waals surface area contributed by atoms with E-state index in [0.29, 0.717) is 28.1 Å². The van der Waals surface area contributed by atoms with Crippen molar-refractivity contribution in [2.75, 3.05) is 0 Å². The quantitative estimate of drug-likeness (QED) is 0.378. The number of halogens is 1. The summed E-state index contributed by atoms with van der Waals surface area (Å²) in [5, 5.41) is 9.86. The van der Waals surface area contributed by atoms with Crippen molar-refractivity contribution >= 4 is 33.4 Å². The number of hydrogen-bond acceptors (Lipinski definition) is 5. The smallest absolute Gasteiger partial charge is 0.160 e. The second-order valence-electron chi connectivity index (χ2n) is 7.26. The van der Waals surface area contributed by atoms with E-state index in [2.05, 4.69) is 31.2 Å². The number of hydrogen-bond donors (Lipinski definition) is 2. The van der Waals surface area contributed by atoms with Crippen LogP contribution >= 0.6 is 11.3 Å². The van der Waals surface area contributed by atoms with E-state index in [1.165, 1.54) is 6.07 Å². The van der Waals surface area contributed by atoms with Gasteiger partial charge in [-0.3, -0.25) is 10.1 Å². The van der Waals surface area contributed by atoms with Gasteiger partial charge in [-0.25, -0.2) is 14.4 Å². The van der Waals surface area contributed by atoms with Gasteiger partial charge in [0, 0.05) is 40.0 Å². The molecule has 8 heteroatoms. The molecule has 0 bridgehead atoms. The summed E-state index contributed by atoms with van der Waals surface area (Å²) in [7, 11) is 0. The molecule has 0 fully saturated rings. The van der Waals surface area contributed by atoms with E-state index >= 15 is 0 Å². The number of benzene rings is 1. The lowest BCUT2D eigenvalue weighted by Crippen LogP contribution is -1.88. The monoisotopic (exact) mass is 426 g/mol. The molecular weight excluding hydrogens is 411 g/mol. The molecule has 1 aromatic carbocycles. The predicted molar refractivity (Wildman–Crippen MR) is 120 cm³/mol. The van der Waals surface area contributed by atoms with E-state index in [1.807, 2.05) is 36.6 Å². The van der Waals surface area contributed by atoms with Crippen molar-refractivity contribution < 1.29 is 4.39 Å². The number of pyridine rings is 2. The molecule has 5 heterocycles. The average molecular weight is 426 g/mol. The van der Waals surface area contributed by atoms with Crippen LogP contribution in [0.5, 0.6) is 0 Å². The predicted octanol–water partition coefficient (Wildman–Crippen LogP) is 5.74. The minimum atomic E-state index is -0.372. The van der Waals surface area contributed by atoms with Crippen molar-refractivity contribution in [3.8, 4) is 33.1 Å². The Hall–Kier alpha value is -3.91. The minimum absolute atomic E-state index is 0.340. The number of aromatic amines is 2. The van der Waals surface area contributed by atoms with Crippen LogP contribution < -0.4 is 0 Å². The third kappa shape index (κ3) is 2.83. The normalized spacial score (nSPS) is 11.5. The van der Waals surface area contributed by atoms with Crippen LogP contribution in [0.3, 0.4) is 0 Å². The van der Waals surface area contributed by atoms with Crippen LogP contribution in [0, 0.1) is 12.7 Å². The van der Waals surface area contributed by atoms with E-state index in [-0.39, 0.29) is 5.82 Å². The van der Waals surface area contributed by atoms with Crippen LogP contribution in [-0.4, -0.2) is 30.1 Å². The largest absolute Gasteiger partial charge is 0.321 e. The first-order valence-corrected chi connectivity index (χ1v) is 10.5. The highest BCUT2D eigenvalue weighted by molar-refractivity contribution is 7.13. The Morgan fingerprint density at radius 2 is 2.00 bits per heavy atom. The van der Waals surface area contributed by atoms with E-state index < -0.39 is 0 Å². The van der Waals surface area contributed by atoms with Crippen LogP contribution in [0.15, 0.2) is 60.4 Å². The fourth-order valence-corrected chi connectivity index (χ4v) is 4.59. The van der Waals surface area contributed by atoms with Crippen LogP contribution in [0.25, 0.3) is 55.2 Å². The number of nitrogens with zero attached hydrogens (tertiary/aromatic N) is 4. The summed E-state index contributed by atoms with van der Waals surface area (Å²) in [4.78, 5) is 17.8. The Kier molecular flexibility index (Phi) is 3.94. The lowest BCUT2D eigenvalue weighted by Gasteiger charge is -2.06. The Morgan fingerprint density at radius 1 is 1.06 bits per heavy atom. The highest BCUT2D eigenvalue weighted by atomic mass is 32.1. The summed E-state index contributed by atoms with van der Waals surface area (Å²) < 4.78 is 14.9. The summed E-state index contributed by atoms with van der Waals surface area (Å²) in [5.74, 6) is 0.167. The molecule has 0 radical (unpaired) electrons. The molecule has 0 aliphatic rings. The maximum Gasteiger partial charge on any atom is 0.160 e. The Labute approximate surface area is 179 Å². The standard InChI is InChI=1S/C23H15FN6S/c1-12-4-6-25-11-16(12)13-9-15-19(17(24)10-13)29-30-21(15)23-27-20-14(18-3-2-8-31-18)5-7-26-22(20)28-23/h2-11H,1H3,(H,29,30)(H,26,27,28). The summed E-state index contributed by atoms with van der Waals surface area (Å²) in [5.41, 5.74) is 5.95. The van der Waals surface area contributed by atoms with Crippen LogP contribution in [0.2, 0.25) is 0 Å². The maximum absolute atomic E-state index is 14.9. The van der Waals surface area contributed by atoms with Gasteiger partial charge in [0.1, 0.15) is 22.5 Å². The molecule has 31 heavy (non-hydrogen) atoms. The first kappa shape index (κ1) is 17.9. The molecule has 0 aliphatic carbocycles. The second kappa shape index (κ2) is 6.82. The molecule has 6 aromatic rings. The van der Waals surface area contributed by atoms with Gasteiger partial charge in [-0.15, -0.1) is 11.3 Å². The Balaban J connectivity index is 1.56. The fourth-order valence-electron chi connectivity index (χ4n) is 3.83. The summed E-state index contributed by atoms with van der Waals surface area (Å²) >= 11 is 1.64. The minimum Gasteiger partial charge on any atom is -0.321 e. The van der Waals surface area contributed by atoms with Gasteiger partial charge >= 0.3 is 0 Å². The average Bonchev–Trinajstić information content (AvgIpc) is 3.52. The van der Waals surface area contributed by atoms with Gasteiger partial charge in [0.25, 0.3) is 0 Å². The number of aryl methyl sites for hydroxylation is 1. The molecule has 6 rings (SSSR count). The zero-order chi connectivity index (χ0) is 20.9. The van der Waals surface area contributed by atoms with Gasteiger partial charge in [-0.1, -0.05) is 6.07 Å². The molecule has 6 nitrogen and oxygen atoms in total. The van der Waals surface area contributed by atoms with E-state index in [1.54, 1.807) is 29.9 Å². The zero-order valence-corrected chi connectivity index (χ0v) is 17.2. The maximum atomic E-state index is 14.9. The van der Waals surface area contributed by atoms with Crippen molar-refractivity contribution in [3.05, 3.63) is 71.7 Å². The zero-order valence-electron chi connectivity index (χ0n) is 16.3. The highest BCUT2D eigenvalue weighted by Crippen LogP contribution is 2.35. The van der Waals surface area contributed by atoms with Gasteiger partial charge < -0.3 is 4.98 Å².